The Morgan fingerprint density at radius 2 is 2.00 bits per heavy atom. The van der Waals surface area contributed by atoms with Crippen molar-refractivity contribution in [2.45, 2.75) is 44.8 Å². The minimum absolute atomic E-state index is 0.147. The number of carbonyl (C=O) groups excluding carboxylic acids is 1. The second-order valence-corrected chi connectivity index (χ2v) is 6.76. The Kier molecular flexibility index (Phi) is 4.31. The third kappa shape index (κ3) is 3.01. The molecule has 0 saturated heterocycles. The molecule has 2 aromatic rings. The van der Waals surface area contributed by atoms with Crippen molar-refractivity contribution < 1.29 is 18.0 Å². The molecule has 3 rings (SSSR count). The molecule has 1 saturated carbocycles. The van der Waals surface area contributed by atoms with E-state index in [4.69, 9.17) is 11.6 Å². The largest absolute Gasteiger partial charge is 0.416 e. The summed E-state index contributed by atoms with van der Waals surface area (Å²) < 4.78 is 39.9. The van der Waals surface area contributed by atoms with Gasteiger partial charge in [-0.05, 0) is 56.9 Å². The lowest BCUT2D eigenvalue weighted by Gasteiger charge is -2.41. The van der Waals surface area contributed by atoms with Crippen molar-refractivity contribution in [2.24, 2.45) is 0 Å². The van der Waals surface area contributed by atoms with Crippen molar-refractivity contribution in [1.29, 1.82) is 0 Å². The maximum atomic E-state index is 12.9. The molecule has 134 valence electrons. The Bertz CT molecular complexity index is 825. The maximum absolute atomic E-state index is 12.9. The summed E-state index contributed by atoms with van der Waals surface area (Å²) in [6.07, 6.45) is -0.649. The van der Waals surface area contributed by atoms with Crippen molar-refractivity contribution in [1.82, 2.24) is 9.78 Å². The number of anilines is 1. The van der Waals surface area contributed by atoms with Gasteiger partial charge in [0.25, 0.3) is 5.91 Å². The van der Waals surface area contributed by atoms with Gasteiger partial charge in [-0.2, -0.15) is 18.3 Å². The first kappa shape index (κ1) is 17.8. The van der Waals surface area contributed by atoms with Gasteiger partial charge in [0.2, 0.25) is 0 Å². The normalized spacial score (nSPS) is 16.4. The summed E-state index contributed by atoms with van der Waals surface area (Å²) in [5.74, 6) is -0.313. The summed E-state index contributed by atoms with van der Waals surface area (Å²) in [7, 11) is 0. The molecule has 8 heteroatoms. The average molecular weight is 372 g/mol. The lowest BCUT2D eigenvalue weighted by molar-refractivity contribution is -0.137. The summed E-state index contributed by atoms with van der Waals surface area (Å²) in [5.41, 5.74) is 0.365. The first-order chi connectivity index (χ1) is 11.6. The summed E-state index contributed by atoms with van der Waals surface area (Å²) in [5, 5.41) is 6.84. The number of aryl methyl sites for hydroxylation is 1. The molecule has 0 bridgehead atoms. The van der Waals surface area contributed by atoms with Crippen LogP contribution >= 0.6 is 11.6 Å². The highest BCUT2D eigenvalue weighted by molar-refractivity contribution is 6.33. The topological polar surface area (TPSA) is 46.9 Å². The van der Waals surface area contributed by atoms with Gasteiger partial charge in [-0.15, -0.1) is 0 Å². The fourth-order valence-electron chi connectivity index (χ4n) is 3.00. The highest BCUT2D eigenvalue weighted by atomic mass is 35.5. The van der Waals surface area contributed by atoms with E-state index in [0.717, 1.165) is 29.8 Å². The van der Waals surface area contributed by atoms with Gasteiger partial charge in [0.05, 0.1) is 22.5 Å². The van der Waals surface area contributed by atoms with Crippen LogP contribution in [0.2, 0.25) is 5.02 Å². The molecule has 1 aliphatic carbocycles. The van der Waals surface area contributed by atoms with Crippen molar-refractivity contribution in [3.63, 3.8) is 0 Å². The van der Waals surface area contributed by atoms with E-state index >= 15 is 0 Å². The number of nitrogens with zero attached hydrogens (tertiary/aromatic N) is 2. The molecule has 1 N–H and O–H groups in total. The summed E-state index contributed by atoms with van der Waals surface area (Å²) in [6, 6.07) is 2.89. The Labute approximate surface area is 148 Å². The van der Waals surface area contributed by atoms with Gasteiger partial charge in [0.1, 0.15) is 5.54 Å². The van der Waals surface area contributed by atoms with Crippen LogP contribution in [0.25, 0.3) is 0 Å². The smallest absolute Gasteiger partial charge is 0.323 e. The first-order valence-electron chi connectivity index (χ1n) is 7.85. The van der Waals surface area contributed by atoms with E-state index in [1.54, 1.807) is 10.9 Å². The Hall–Kier alpha value is -2.02. The predicted molar refractivity (Wildman–Crippen MR) is 88.6 cm³/mol. The number of halogens is 4. The van der Waals surface area contributed by atoms with Crippen LogP contribution in [0.3, 0.4) is 0 Å². The number of benzene rings is 1. The first-order valence-corrected chi connectivity index (χ1v) is 8.23. The standard InChI is InChI=1S/C17H17ClF3N3O/c1-10-9-22-24(11(10)2)16(6-3-7-16)15(25)23-14-5-4-12(8-13(14)18)17(19,20)21/h4-5,8-9H,3,6-7H2,1-2H3,(H,23,25). The number of hydrogen-bond donors (Lipinski definition) is 1. The molecule has 0 aliphatic heterocycles. The summed E-state index contributed by atoms with van der Waals surface area (Å²) in [4.78, 5) is 12.9. The van der Waals surface area contributed by atoms with Gasteiger partial charge in [-0.3, -0.25) is 9.48 Å². The van der Waals surface area contributed by atoms with E-state index in [1.165, 1.54) is 6.07 Å². The van der Waals surface area contributed by atoms with Crippen LogP contribution in [-0.2, 0) is 16.5 Å². The van der Waals surface area contributed by atoms with Crippen molar-refractivity contribution in [2.75, 3.05) is 5.32 Å². The second kappa shape index (κ2) is 6.05. The van der Waals surface area contributed by atoms with Crippen LogP contribution in [0.1, 0.15) is 36.1 Å². The number of carbonyl (C=O) groups is 1. The van der Waals surface area contributed by atoms with Crippen LogP contribution in [0, 0.1) is 13.8 Å². The number of alkyl halides is 3. The molecule has 1 aliphatic rings. The highest BCUT2D eigenvalue weighted by Gasteiger charge is 2.47. The molecule has 0 atom stereocenters. The molecular formula is C17H17ClF3N3O. The molecule has 0 unspecified atom stereocenters. The fraction of sp³-hybridized carbons (Fsp3) is 0.412. The molecule has 1 aromatic heterocycles. The zero-order valence-corrected chi connectivity index (χ0v) is 14.5. The summed E-state index contributed by atoms with van der Waals surface area (Å²) in [6.45, 7) is 3.80. The molecule has 1 amide bonds. The van der Waals surface area contributed by atoms with Crippen molar-refractivity contribution >= 4 is 23.2 Å². The lowest BCUT2D eigenvalue weighted by atomic mass is 9.75. The number of nitrogens with one attached hydrogen (secondary N) is 1. The van der Waals surface area contributed by atoms with E-state index in [1.807, 2.05) is 13.8 Å². The van der Waals surface area contributed by atoms with E-state index in [0.29, 0.717) is 12.8 Å². The van der Waals surface area contributed by atoms with Crippen LogP contribution < -0.4 is 5.32 Å². The number of aromatic nitrogens is 2. The van der Waals surface area contributed by atoms with Gasteiger partial charge < -0.3 is 5.32 Å². The maximum Gasteiger partial charge on any atom is 0.416 e. The second-order valence-electron chi connectivity index (χ2n) is 6.36. The van der Waals surface area contributed by atoms with Crippen LogP contribution in [0.15, 0.2) is 24.4 Å². The number of amides is 1. The van der Waals surface area contributed by atoms with Crippen molar-refractivity contribution in [3.05, 3.63) is 46.2 Å². The van der Waals surface area contributed by atoms with Crippen LogP contribution in [0.5, 0.6) is 0 Å². The van der Waals surface area contributed by atoms with Gasteiger partial charge in [0, 0.05) is 5.69 Å². The van der Waals surface area contributed by atoms with E-state index < -0.39 is 17.3 Å². The highest BCUT2D eigenvalue weighted by Crippen LogP contribution is 2.42. The Balaban J connectivity index is 1.88. The molecule has 4 nitrogen and oxygen atoms in total. The quantitative estimate of drug-likeness (QED) is 0.850. The minimum Gasteiger partial charge on any atom is -0.323 e. The number of rotatable bonds is 3. The van der Waals surface area contributed by atoms with Crippen LogP contribution in [0.4, 0.5) is 18.9 Å². The zero-order chi connectivity index (χ0) is 18.4. The predicted octanol–water partition coefficient (Wildman–Crippen LogP) is 4.69. The van der Waals surface area contributed by atoms with Crippen LogP contribution in [-0.4, -0.2) is 15.7 Å². The fourth-order valence-corrected chi connectivity index (χ4v) is 3.23. The molecule has 0 radical (unpaired) electrons. The molecule has 1 aromatic carbocycles. The monoisotopic (exact) mass is 371 g/mol. The van der Waals surface area contributed by atoms with E-state index in [9.17, 15) is 18.0 Å². The molecule has 0 spiro atoms. The molecule has 1 fully saturated rings. The van der Waals surface area contributed by atoms with Gasteiger partial charge in [-0.1, -0.05) is 11.6 Å². The zero-order valence-electron chi connectivity index (χ0n) is 13.7. The molecular weight excluding hydrogens is 355 g/mol. The van der Waals surface area contributed by atoms with Gasteiger partial charge >= 0.3 is 6.18 Å². The average Bonchev–Trinajstić information content (AvgIpc) is 2.80. The molecule has 1 heterocycles. The van der Waals surface area contributed by atoms with Gasteiger partial charge in [-0.25, -0.2) is 0 Å². The number of hydrogen-bond acceptors (Lipinski definition) is 2. The lowest BCUT2D eigenvalue weighted by Crippen LogP contribution is -2.51. The van der Waals surface area contributed by atoms with E-state index in [-0.39, 0.29) is 16.6 Å². The van der Waals surface area contributed by atoms with Gasteiger partial charge in [0.15, 0.2) is 0 Å². The SMILES string of the molecule is Cc1cnn(C2(C(=O)Nc3ccc(C(F)(F)F)cc3Cl)CCC2)c1C. The van der Waals surface area contributed by atoms with E-state index in [2.05, 4.69) is 10.4 Å². The Morgan fingerprint density at radius 3 is 2.44 bits per heavy atom. The third-order valence-corrected chi connectivity index (χ3v) is 5.12. The molecule has 25 heavy (non-hydrogen) atoms. The van der Waals surface area contributed by atoms with Crippen molar-refractivity contribution in [3.8, 4) is 0 Å². The Morgan fingerprint density at radius 1 is 1.32 bits per heavy atom. The summed E-state index contributed by atoms with van der Waals surface area (Å²) >= 11 is 5.94. The third-order valence-electron chi connectivity index (χ3n) is 4.81. The minimum atomic E-state index is -4.48.